The summed E-state index contributed by atoms with van der Waals surface area (Å²) in [6, 6.07) is 9.14. The van der Waals surface area contributed by atoms with E-state index in [0.29, 0.717) is 16.9 Å². The van der Waals surface area contributed by atoms with Crippen LogP contribution in [0.25, 0.3) is 0 Å². The maximum absolute atomic E-state index is 11.0. The molecule has 6 heteroatoms. The van der Waals surface area contributed by atoms with Gasteiger partial charge < -0.3 is 10.8 Å². The van der Waals surface area contributed by atoms with Gasteiger partial charge in [0.05, 0.1) is 18.2 Å². The zero-order valence-corrected chi connectivity index (χ0v) is 10.3. The van der Waals surface area contributed by atoms with E-state index in [-0.39, 0.29) is 12.2 Å². The van der Waals surface area contributed by atoms with Crippen molar-refractivity contribution < 1.29 is 9.90 Å². The number of anilines is 1. The lowest BCUT2D eigenvalue weighted by atomic mass is 10.1. The average Bonchev–Trinajstić information content (AvgIpc) is 2.68. The molecule has 2 aromatic rings. The Balaban J connectivity index is 2.42. The van der Waals surface area contributed by atoms with Gasteiger partial charge in [-0.05, 0) is 18.6 Å². The molecule has 19 heavy (non-hydrogen) atoms. The van der Waals surface area contributed by atoms with Crippen LogP contribution in [0.4, 0.5) is 5.82 Å². The number of aromatic nitrogens is 2. The van der Waals surface area contributed by atoms with E-state index in [4.69, 9.17) is 16.1 Å². The van der Waals surface area contributed by atoms with Crippen molar-refractivity contribution in [3.63, 3.8) is 0 Å². The molecule has 0 fully saturated rings. The molecule has 0 radical (unpaired) electrons. The van der Waals surface area contributed by atoms with E-state index < -0.39 is 5.97 Å². The molecule has 96 valence electrons. The molecule has 0 spiro atoms. The van der Waals surface area contributed by atoms with Crippen molar-refractivity contribution in [2.45, 2.75) is 13.5 Å². The molecular formula is C13H12N4O2. The fourth-order valence-electron chi connectivity index (χ4n) is 1.82. The van der Waals surface area contributed by atoms with E-state index in [1.165, 1.54) is 4.68 Å². The summed E-state index contributed by atoms with van der Waals surface area (Å²) in [5.41, 5.74) is 7.47. The fraction of sp³-hybridized carbons (Fsp3) is 0.154. The third-order valence-corrected chi connectivity index (χ3v) is 2.90. The first-order chi connectivity index (χ1) is 9.04. The van der Waals surface area contributed by atoms with E-state index in [9.17, 15) is 4.79 Å². The number of carboxylic acids is 1. The molecule has 0 saturated heterocycles. The summed E-state index contributed by atoms with van der Waals surface area (Å²) in [5.74, 6) is -0.818. The van der Waals surface area contributed by atoms with Gasteiger partial charge in [0.2, 0.25) is 0 Å². The van der Waals surface area contributed by atoms with Crippen LogP contribution < -0.4 is 5.73 Å². The second kappa shape index (κ2) is 4.82. The van der Waals surface area contributed by atoms with Gasteiger partial charge in [-0.15, -0.1) is 0 Å². The molecule has 0 aliphatic rings. The zero-order valence-electron chi connectivity index (χ0n) is 10.3. The molecule has 0 aliphatic heterocycles. The molecule has 1 aromatic heterocycles. The van der Waals surface area contributed by atoms with Crippen molar-refractivity contribution >= 4 is 11.8 Å². The number of hydrogen-bond donors (Lipinski definition) is 2. The molecule has 0 atom stereocenters. The summed E-state index contributed by atoms with van der Waals surface area (Å²) in [5, 5.41) is 22.0. The lowest BCUT2D eigenvalue weighted by Crippen LogP contribution is -2.08. The Kier molecular flexibility index (Phi) is 3.21. The van der Waals surface area contributed by atoms with Crippen LogP contribution >= 0.6 is 0 Å². The third-order valence-electron chi connectivity index (χ3n) is 2.90. The number of aromatic carboxylic acids is 1. The predicted octanol–water partition coefficient (Wildman–Crippen LogP) is 1.39. The van der Waals surface area contributed by atoms with Gasteiger partial charge in [0.25, 0.3) is 0 Å². The van der Waals surface area contributed by atoms with Crippen LogP contribution in [0.2, 0.25) is 0 Å². The number of nitriles is 1. The molecule has 0 bridgehead atoms. The summed E-state index contributed by atoms with van der Waals surface area (Å²) in [4.78, 5) is 11.0. The number of nitrogen functional groups attached to an aromatic ring is 1. The van der Waals surface area contributed by atoms with E-state index in [1.807, 2.05) is 0 Å². The molecule has 3 N–H and O–H groups in total. The van der Waals surface area contributed by atoms with Gasteiger partial charge in [0.15, 0.2) is 5.69 Å². The van der Waals surface area contributed by atoms with Crippen LogP contribution in [-0.4, -0.2) is 20.9 Å². The first-order valence-electron chi connectivity index (χ1n) is 5.58. The van der Waals surface area contributed by atoms with Crippen LogP contribution in [0.5, 0.6) is 0 Å². The molecule has 0 unspecified atom stereocenters. The highest BCUT2D eigenvalue weighted by Crippen LogP contribution is 2.18. The zero-order chi connectivity index (χ0) is 14.0. The van der Waals surface area contributed by atoms with Gasteiger partial charge in [0.1, 0.15) is 5.82 Å². The smallest absolute Gasteiger partial charge is 0.356 e. The maximum atomic E-state index is 11.0. The number of rotatable bonds is 3. The molecular weight excluding hydrogens is 244 g/mol. The second-order valence-corrected chi connectivity index (χ2v) is 4.09. The highest BCUT2D eigenvalue weighted by molar-refractivity contribution is 5.88. The average molecular weight is 256 g/mol. The number of hydrogen-bond acceptors (Lipinski definition) is 4. The Morgan fingerprint density at radius 1 is 1.53 bits per heavy atom. The van der Waals surface area contributed by atoms with Crippen LogP contribution in [-0.2, 0) is 6.54 Å². The van der Waals surface area contributed by atoms with Crippen LogP contribution in [0.1, 0.15) is 27.2 Å². The Hall–Kier alpha value is -2.81. The van der Waals surface area contributed by atoms with Gasteiger partial charge in [0, 0.05) is 5.56 Å². The molecule has 2 rings (SSSR count). The van der Waals surface area contributed by atoms with Crippen LogP contribution in [0.15, 0.2) is 24.3 Å². The van der Waals surface area contributed by atoms with Crippen LogP contribution in [0.3, 0.4) is 0 Å². The number of carboxylic acid groups (broad SMARTS) is 1. The first-order valence-corrected chi connectivity index (χ1v) is 5.58. The van der Waals surface area contributed by atoms with Gasteiger partial charge >= 0.3 is 5.97 Å². The monoisotopic (exact) mass is 256 g/mol. The molecule has 6 nitrogen and oxygen atoms in total. The van der Waals surface area contributed by atoms with Gasteiger partial charge in [-0.1, -0.05) is 18.2 Å². The predicted molar refractivity (Wildman–Crippen MR) is 68.6 cm³/mol. The summed E-state index contributed by atoms with van der Waals surface area (Å²) in [7, 11) is 0. The first kappa shape index (κ1) is 12.6. The lowest BCUT2D eigenvalue weighted by Gasteiger charge is -2.06. The highest BCUT2D eigenvalue weighted by Gasteiger charge is 2.17. The minimum atomic E-state index is -1.11. The Morgan fingerprint density at radius 3 is 2.79 bits per heavy atom. The van der Waals surface area contributed by atoms with Crippen molar-refractivity contribution in [2.24, 2.45) is 0 Å². The van der Waals surface area contributed by atoms with Crippen molar-refractivity contribution in [3.8, 4) is 6.07 Å². The number of nitrogens with zero attached hydrogens (tertiary/aromatic N) is 3. The fourth-order valence-corrected chi connectivity index (χ4v) is 1.82. The summed E-state index contributed by atoms with van der Waals surface area (Å²) < 4.78 is 1.40. The molecule has 0 aliphatic carbocycles. The quantitative estimate of drug-likeness (QED) is 0.863. The minimum absolute atomic E-state index is 0.0630. The summed E-state index contributed by atoms with van der Waals surface area (Å²) >= 11 is 0. The van der Waals surface area contributed by atoms with Crippen molar-refractivity contribution in [2.75, 3.05) is 5.73 Å². The maximum Gasteiger partial charge on any atom is 0.356 e. The number of carbonyl (C=O) groups is 1. The van der Waals surface area contributed by atoms with Gasteiger partial charge in [-0.2, -0.15) is 10.4 Å². The van der Waals surface area contributed by atoms with Gasteiger partial charge in [-0.25, -0.2) is 9.48 Å². The topological polar surface area (TPSA) is 105 Å². The SMILES string of the molecule is Cc1c(C(=O)O)nn(Cc2ccccc2C#N)c1N. The summed E-state index contributed by atoms with van der Waals surface area (Å²) in [6.07, 6.45) is 0. The minimum Gasteiger partial charge on any atom is -0.476 e. The van der Waals surface area contributed by atoms with Crippen LogP contribution in [0, 0.1) is 18.3 Å². The van der Waals surface area contributed by atoms with E-state index in [2.05, 4.69) is 11.2 Å². The Bertz CT molecular complexity index is 682. The summed E-state index contributed by atoms with van der Waals surface area (Å²) in [6.45, 7) is 1.88. The lowest BCUT2D eigenvalue weighted by molar-refractivity contribution is 0.0688. The van der Waals surface area contributed by atoms with E-state index >= 15 is 0 Å². The Labute approximate surface area is 109 Å². The molecule has 0 amide bonds. The van der Waals surface area contributed by atoms with Gasteiger partial charge in [-0.3, -0.25) is 0 Å². The number of benzene rings is 1. The van der Waals surface area contributed by atoms with E-state index in [0.717, 1.165) is 5.56 Å². The second-order valence-electron chi connectivity index (χ2n) is 4.09. The van der Waals surface area contributed by atoms with Crippen molar-refractivity contribution in [1.82, 2.24) is 9.78 Å². The largest absolute Gasteiger partial charge is 0.476 e. The normalized spacial score (nSPS) is 10.1. The highest BCUT2D eigenvalue weighted by atomic mass is 16.4. The van der Waals surface area contributed by atoms with E-state index in [1.54, 1.807) is 31.2 Å². The molecule has 0 saturated carbocycles. The van der Waals surface area contributed by atoms with Crippen molar-refractivity contribution in [3.05, 3.63) is 46.6 Å². The molecule has 1 aromatic carbocycles. The van der Waals surface area contributed by atoms with Crippen molar-refractivity contribution in [1.29, 1.82) is 5.26 Å². The Morgan fingerprint density at radius 2 is 2.21 bits per heavy atom. The third kappa shape index (κ3) is 2.26. The number of nitrogens with two attached hydrogens (primary N) is 1. The standard InChI is InChI=1S/C13H12N4O2/c1-8-11(13(18)19)16-17(12(8)15)7-10-5-3-2-4-9(10)6-14/h2-5H,7,15H2,1H3,(H,18,19). The molecule has 1 heterocycles.